The van der Waals surface area contributed by atoms with Gasteiger partial charge >= 0.3 is 0 Å². The lowest BCUT2D eigenvalue weighted by Crippen LogP contribution is -2.44. The Bertz CT molecular complexity index is 825. The fraction of sp³-hybridized carbons (Fsp3) is 0.263. The standard InChI is InChI=1S/C19H18ClFN2O2/c1-13(24)23(15-8-9-17(21)16(20)11-15)12-19(25)22-10-4-6-14-5-2-3-7-18(14)22/h2-3,5,7-9,11H,4,6,10,12H2,1H3. The van der Waals surface area contributed by atoms with Gasteiger partial charge in [-0.15, -0.1) is 0 Å². The Kier molecular flexibility index (Phi) is 5.04. The molecule has 2 aromatic carbocycles. The number of fused-ring (bicyclic) bond motifs is 1. The molecule has 0 fully saturated rings. The maximum absolute atomic E-state index is 13.4. The minimum atomic E-state index is -0.565. The van der Waals surface area contributed by atoms with Gasteiger partial charge in [-0.05, 0) is 42.7 Å². The number of hydrogen-bond donors (Lipinski definition) is 0. The molecule has 0 saturated heterocycles. The van der Waals surface area contributed by atoms with Crippen LogP contribution in [-0.2, 0) is 16.0 Å². The van der Waals surface area contributed by atoms with Gasteiger partial charge in [-0.25, -0.2) is 4.39 Å². The second-order valence-electron chi connectivity index (χ2n) is 5.98. The lowest BCUT2D eigenvalue weighted by Gasteiger charge is -2.31. The summed E-state index contributed by atoms with van der Waals surface area (Å²) in [4.78, 5) is 27.9. The first kappa shape index (κ1) is 17.4. The van der Waals surface area contributed by atoms with Gasteiger partial charge in [0.25, 0.3) is 0 Å². The third kappa shape index (κ3) is 3.66. The number of amides is 2. The van der Waals surface area contributed by atoms with E-state index in [-0.39, 0.29) is 23.4 Å². The zero-order valence-corrected chi connectivity index (χ0v) is 14.6. The number of aryl methyl sites for hydroxylation is 1. The summed E-state index contributed by atoms with van der Waals surface area (Å²) in [6.45, 7) is 1.87. The maximum atomic E-state index is 13.4. The van der Waals surface area contributed by atoms with Gasteiger partial charge in [0.05, 0.1) is 5.02 Å². The van der Waals surface area contributed by atoms with Crippen LogP contribution in [0.2, 0.25) is 5.02 Å². The average Bonchev–Trinajstić information content (AvgIpc) is 2.61. The summed E-state index contributed by atoms with van der Waals surface area (Å²) in [7, 11) is 0. The van der Waals surface area contributed by atoms with E-state index in [1.165, 1.54) is 30.0 Å². The number of benzene rings is 2. The number of para-hydroxylation sites is 1. The highest BCUT2D eigenvalue weighted by atomic mass is 35.5. The van der Waals surface area contributed by atoms with E-state index >= 15 is 0 Å². The topological polar surface area (TPSA) is 40.6 Å². The van der Waals surface area contributed by atoms with Gasteiger partial charge in [-0.2, -0.15) is 0 Å². The van der Waals surface area contributed by atoms with Crippen LogP contribution in [0.15, 0.2) is 42.5 Å². The lowest BCUT2D eigenvalue weighted by molar-refractivity contribution is -0.121. The van der Waals surface area contributed by atoms with E-state index in [0.29, 0.717) is 12.2 Å². The number of carbonyl (C=O) groups is 2. The van der Waals surface area contributed by atoms with Gasteiger partial charge in [0.1, 0.15) is 12.4 Å². The van der Waals surface area contributed by atoms with Gasteiger partial charge in [-0.3, -0.25) is 9.59 Å². The van der Waals surface area contributed by atoms with Crippen LogP contribution in [0.25, 0.3) is 0 Å². The molecule has 130 valence electrons. The number of hydrogen-bond acceptors (Lipinski definition) is 2. The summed E-state index contributed by atoms with van der Waals surface area (Å²) in [6.07, 6.45) is 1.81. The van der Waals surface area contributed by atoms with Crippen LogP contribution >= 0.6 is 11.6 Å². The molecule has 1 aliphatic heterocycles. The van der Waals surface area contributed by atoms with Crippen LogP contribution in [0.4, 0.5) is 15.8 Å². The molecule has 2 amide bonds. The van der Waals surface area contributed by atoms with Crippen molar-refractivity contribution in [1.29, 1.82) is 0 Å². The van der Waals surface area contributed by atoms with Crippen LogP contribution in [0.1, 0.15) is 18.9 Å². The fourth-order valence-corrected chi connectivity index (χ4v) is 3.23. The molecule has 1 heterocycles. The molecule has 1 aliphatic rings. The molecule has 0 aromatic heterocycles. The molecule has 0 unspecified atom stereocenters. The smallest absolute Gasteiger partial charge is 0.247 e. The van der Waals surface area contributed by atoms with Crippen molar-refractivity contribution in [3.8, 4) is 0 Å². The van der Waals surface area contributed by atoms with E-state index < -0.39 is 5.82 Å². The molecule has 0 N–H and O–H groups in total. The van der Waals surface area contributed by atoms with Crippen molar-refractivity contribution in [1.82, 2.24) is 0 Å². The predicted octanol–water partition coefficient (Wildman–Crippen LogP) is 3.81. The molecule has 0 radical (unpaired) electrons. The Morgan fingerprint density at radius 2 is 2.00 bits per heavy atom. The molecule has 3 rings (SSSR count). The van der Waals surface area contributed by atoms with Crippen molar-refractivity contribution in [3.05, 3.63) is 58.9 Å². The zero-order chi connectivity index (χ0) is 18.0. The maximum Gasteiger partial charge on any atom is 0.247 e. The largest absolute Gasteiger partial charge is 0.311 e. The lowest BCUT2D eigenvalue weighted by atomic mass is 10.0. The molecule has 0 atom stereocenters. The van der Waals surface area contributed by atoms with Crippen molar-refractivity contribution in [2.45, 2.75) is 19.8 Å². The van der Waals surface area contributed by atoms with Gasteiger partial charge in [0.15, 0.2) is 0 Å². The monoisotopic (exact) mass is 360 g/mol. The molecule has 6 heteroatoms. The molecule has 25 heavy (non-hydrogen) atoms. The van der Waals surface area contributed by atoms with Crippen LogP contribution in [0.5, 0.6) is 0 Å². The van der Waals surface area contributed by atoms with E-state index in [4.69, 9.17) is 11.6 Å². The van der Waals surface area contributed by atoms with Crippen molar-refractivity contribution < 1.29 is 14.0 Å². The van der Waals surface area contributed by atoms with E-state index in [1.54, 1.807) is 4.90 Å². The molecule has 0 aliphatic carbocycles. The molecular weight excluding hydrogens is 343 g/mol. The Morgan fingerprint density at radius 3 is 2.72 bits per heavy atom. The summed E-state index contributed by atoms with van der Waals surface area (Å²) in [5.41, 5.74) is 2.42. The Morgan fingerprint density at radius 1 is 1.24 bits per heavy atom. The highest BCUT2D eigenvalue weighted by molar-refractivity contribution is 6.31. The molecule has 2 aromatic rings. The quantitative estimate of drug-likeness (QED) is 0.835. The van der Waals surface area contributed by atoms with Gasteiger partial charge in [0, 0.05) is 24.8 Å². The summed E-state index contributed by atoms with van der Waals surface area (Å²) in [6, 6.07) is 11.8. The summed E-state index contributed by atoms with van der Waals surface area (Å²) in [5, 5.41) is -0.0838. The Balaban J connectivity index is 1.85. The molecule has 0 bridgehead atoms. The number of nitrogens with zero attached hydrogens (tertiary/aromatic N) is 2. The van der Waals surface area contributed by atoms with E-state index in [1.807, 2.05) is 24.3 Å². The van der Waals surface area contributed by atoms with Crippen molar-refractivity contribution >= 4 is 34.8 Å². The number of rotatable bonds is 3. The SMILES string of the molecule is CC(=O)N(CC(=O)N1CCCc2ccccc21)c1ccc(F)c(Cl)c1. The van der Waals surface area contributed by atoms with E-state index in [0.717, 1.165) is 24.1 Å². The third-order valence-electron chi connectivity index (χ3n) is 4.30. The highest BCUT2D eigenvalue weighted by Crippen LogP contribution is 2.28. The Hall–Kier alpha value is -2.40. The third-order valence-corrected chi connectivity index (χ3v) is 4.59. The zero-order valence-electron chi connectivity index (χ0n) is 13.8. The van der Waals surface area contributed by atoms with Crippen LogP contribution in [0, 0.1) is 5.82 Å². The van der Waals surface area contributed by atoms with Crippen molar-refractivity contribution in [2.24, 2.45) is 0 Å². The first-order valence-corrected chi connectivity index (χ1v) is 8.46. The summed E-state index contributed by atoms with van der Waals surface area (Å²) < 4.78 is 13.4. The van der Waals surface area contributed by atoms with Crippen molar-refractivity contribution in [2.75, 3.05) is 22.9 Å². The van der Waals surface area contributed by atoms with Gasteiger partial charge < -0.3 is 9.80 Å². The number of carbonyl (C=O) groups excluding carboxylic acids is 2. The van der Waals surface area contributed by atoms with Crippen LogP contribution in [0.3, 0.4) is 0 Å². The first-order valence-electron chi connectivity index (χ1n) is 8.09. The van der Waals surface area contributed by atoms with Crippen LogP contribution < -0.4 is 9.80 Å². The molecule has 0 saturated carbocycles. The van der Waals surface area contributed by atoms with E-state index in [2.05, 4.69) is 0 Å². The highest BCUT2D eigenvalue weighted by Gasteiger charge is 2.25. The van der Waals surface area contributed by atoms with Gasteiger partial charge in [0.2, 0.25) is 11.8 Å². The molecule has 0 spiro atoms. The summed E-state index contributed by atoms with van der Waals surface area (Å²) in [5.74, 6) is -1.05. The molecule has 4 nitrogen and oxygen atoms in total. The van der Waals surface area contributed by atoms with Gasteiger partial charge in [-0.1, -0.05) is 29.8 Å². The van der Waals surface area contributed by atoms with Crippen molar-refractivity contribution in [3.63, 3.8) is 0 Å². The molecular formula is C19H18ClFN2O2. The second kappa shape index (κ2) is 7.23. The second-order valence-corrected chi connectivity index (χ2v) is 6.39. The predicted molar refractivity (Wildman–Crippen MR) is 96.6 cm³/mol. The minimum Gasteiger partial charge on any atom is -0.311 e. The number of anilines is 2. The normalized spacial score (nSPS) is 13.3. The summed E-state index contributed by atoms with van der Waals surface area (Å²) >= 11 is 5.81. The Labute approximate surface area is 150 Å². The van der Waals surface area contributed by atoms with E-state index in [9.17, 15) is 14.0 Å². The average molecular weight is 361 g/mol. The first-order chi connectivity index (χ1) is 12.0. The van der Waals surface area contributed by atoms with Crippen LogP contribution in [-0.4, -0.2) is 24.9 Å². The fourth-order valence-electron chi connectivity index (χ4n) is 3.05. The number of halogens is 2. The minimum absolute atomic E-state index is 0.0838.